The van der Waals surface area contributed by atoms with Crippen LogP contribution in [0, 0.1) is 6.92 Å². The molecule has 0 bridgehead atoms. The molecular weight excluding hydrogens is 348 g/mol. The number of methoxy groups -OCH3 is 1. The van der Waals surface area contributed by atoms with Crippen molar-refractivity contribution >= 4 is 11.6 Å². The maximum atomic E-state index is 12.8. The molecule has 0 unspecified atom stereocenters. The van der Waals surface area contributed by atoms with Gasteiger partial charge in [-0.2, -0.15) is 0 Å². The highest BCUT2D eigenvalue weighted by molar-refractivity contribution is 5.95. The van der Waals surface area contributed by atoms with E-state index in [1.54, 1.807) is 7.11 Å². The topological polar surface area (TPSA) is 50.4 Å². The minimum absolute atomic E-state index is 0.0831. The second-order valence-corrected chi connectivity index (χ2v) is 6.83. The van der Waals surface area contributed by atoms with Crippen LogP contribution in [0.4, 0.5) is 5.69 Å². The highest BCUT2D eigenvalue weighted by Gasteiger charge is 2.21. The molecule has 0 spiro atoms. The summed E-state index contributed by atoms with van der Waals surface area (Å²) in [6.45, 7) is 3.94. The van der Waals surface area contributed by atoms with Gasteiger partial charge >= 0.3 is 0 Å². The average molecular weight is 374 g/mol. The number of amides is 1. The summed E-state index contributed by atoms with van der Waals surface area (Å²) in [4.78, 5) is 12.8. The fraction of sp³-hybridized carbons (Fsp3) is 0.208. The standard InChI is InChI=1S/C24H26N2O2/c1-17-13-15-20(16-14-17)23(19-9-5-4-6-10-19)25-18(2)24(27)26-21-11-7-8-12-22(21)28-3/h4-16,18,23,25H,1-3H3,(H,26,27)/t18-,23-/m1/s1. The van der Waals surface area contributed by atoms with Crippen LogP contribution in [0.25, 0.3) is 0 Å². The SMILES string of the molecule is COc1ccccc1NC(=O)[C@@H](C)N[C@H](c1ccccc1)c1ccc(C)cc1. The van der Waals surface area contributed by atoms with Gasteiger partial charge in [0.2, 0.25) is 5.91 Å². The van der Waals surface area contributed by atoms with Gasteiger partial charge in [0.25, 0.3) is 0 Å². The monoisotopic (exact) mass is 374 g/mol. The number of hydrogen-bond donors (Lipinski definition) is 2. The fourth-order valence-electron chi connectivity index (χ4n) is 3.10. The summed E-state index contributed by atoms with van der Waals surface area (Å²) in [7, 11) is 1.59. The van der Waals surface area contributed by atoms with Crippen molar-refractivity contribution in [2.45, 2.75) is 25.9 Å². The second-order valence-electron chi connectivity index (χ2n) is 6.83. The van der Waals surface area contributed by atoms with Crippen molar-refractivity contribution in [1.82, 2.24) is 5.32 Å². The van der Waals surface area contributed by atoms with Crippen molar-refractivity contribution in [2.75, 3.05) is 12.4 Å². The van der Waals surface area contributed by atoms with Gasteiger partial charge in [-0.15, -0.1) is 0 Å². The van der Waals surface area contributed by atoms with Crippen LogP contribution in [0.5, 0.6) is 5.75 Å². The zero-order valence-electron chi connectivity index (χ0n) is 16.5. The van der Waals surface area contributed by atoms with Gasteiger partial charge in [-0.05, 0) is 37.1 Å². The lowest BCUT2D eigenvalue weighted by atomic mass is 9.97. The van der Waals surface area contributed by atoms with E-state index in [-0.39, 0.29) is 11.9 Å². The van der Waals surface area contributed by atoms with Crippen molar-refractivity contribution in [2.24, 2.45) is 0 Å². The highest BCUT2D eigenvalue weighted by atomic mass is 16.5. The summed E-state index contributed by atoms with van der Waals surface area (Å²) in [5.74, 6) is 0.527. The Balaban J connectivity index is 1.80. The number of anilines is 1. The fourth-order valence-corrected chi connectivity index (χ4v) is 3.10. The van der Waals surface area contributed by atoms with Crippen LogP contribution in [0.3, 0.4) is 0 Å². The van der Waals surface area contributed by atoms with Crippen LogP contribution in [-0.2, 0) is 4.79 Å². The lowest BCUT2D eigenvalue weighted by Gasteiger charge is -2.24. The Hall–Kier alpha value is -3.11. The Labute approximate surface area is 166 Å². The lowest BCUT2D eigenvalue weighted by molar-refractivity contribution is -0.117. The molecule has 0 radical (unpaired) electrons. The molecule has 2 N–H and O–H groups in total. The van der Waals surface area contributed by atoms with Gasteiger partial charge in [0.05, 0.1) is 24.9 Å². The van der Waals surface area contributed by atoms with E-state index in [0.717, 1.165) is 11.1 Å². The smallest absolute Gasteiger partial charge is 0.241 e. The summed E-state index contributed by atoms with van der Waals surface area (Å²) in [5, 5.41) is 6.43. The number of nitrogens with one attached hydrogen (secondary N) is 2. The first kappa shape index (κ1) is 19.6. The van der Waals surface area contributed by atoms with E-state index in [9.17, 15) is 4.79 Å². The number of ether oxygens (including phenoxy) is 1. The second kappa shape index (κ2) is 9.20. The van der Waals surface area contributed by atoms with Gasteiger partial charge in [0, 0.05) is 0 Å². The third-order valence-electron chi connectivity index (χ3n) is 4.72. The maximum Gasteiger partial charge on any atom is 0.241 e. The summed E-state index contributed by atoms with van der Waals surface area (Å²) < 4.78 is 5.32. The number of hydrogen-bond acceptors (Lipinski definition) is 3. The lowest BCUT2D eigenvalue weighted by Crippen LogP contribution is -2.40. The van der Waals surface area contributed by atoms with E-state index in [1.165, 1.54) is 5.56 Å². The van der Waals surface area contributed by atoms with Gasteiger partial charge in [-0.25, -0.2) is 0 Å². The minimum Gasteiger partial charge on any atom is -0.495 e. The van der Waals surface area contributed by atoms with E-state index in [4.69, 9.17) is 4.74 Å². The van der Waals surface area contributed by atoms with Crippen LogP contribution >= 0.6 is 0 Å². The number of para-hydroxylation sites is 2. The van der Waals surface area contributed by atoms with E-state index >= 15 is 0 Å². The molecule has 0 aromatic heterocycles. The Morgan fingerprint density at radius 3 is 2.14 bits per heavy atom. The maximum absolute atomic E-state index is 12.8. The Bertz CT molecular complexity index is 907. The molecule has 0 aliphatic rings. The van der Waals surface area contributed by atoms with Crippen LogP contribution in [0.15, 0.2) is 78.9 Å². The van der Waals surface area contributed by atoms with Gasteiger partial charge in [0.15, 0.2) is 0 Å². The first-order valence-electron chi connectivity index (χ1n) is 9.40. The molecule has 0 aliphatic carbocycles. The molecule has 2 atom stereocenters. The van der Waals surface area contributed by atoms with Crippen molar-refractivity contribution in [3.63, 3.8) is 0 Å². The largest absolute Gasteiger partial charge is 0.495 e. The number of aryl methyl sites for hydroxylation is 1. The molecule has 0 heterocycles. The number of benzene rings is 3. The van der Waals surface area contributed by atoms with Crippen LogP contribution < -0.4 is 15.4 Å². The first-order valence-corrected chi connectivity index (χ1v) is 9.40. The molecule has 3 aromatic rings. The summed E-state index contributed by atoms with van der Waals surface area (Å²) in [6.07, 6.45) is 0. The quantitative estimate of drug-likeness (QED) is 0.630. The Morgan fingerprint density at radius 1 is 0.857 bits per heavy atom. The highest BCUT2D eigenvalue weighted by Crippen LogP contribution is 2.25. The van der Waals surface area contributed by atoms with Gasteiger partial charge in [-0.1, -0.05) is 72.3 Å². The molecule has 0 saturated heterocycles. The van der Waals surface area contributed by atoms with Gasteiger partial charge in [0.1, 0.15) is 5.75 Å². The first-order chi connectivity index (χ1) is 13.6. The molecule has 0 aliphatic heterocycles. The normalized spacial score (nSPS) is 12.8. The summed E-state index contributed by atoms with van der Waals surface area (Å²) in [6, 6.07) is 25.5. The average Bonchev–Trinajstić information content (AvgIpc) is 2.73. The Kier molecular flexibility index (Phi) is 6.45. The summed E-state index contributed by atoms with van der Waals surface area (Å²) in [5.41, 5.74) is 4.10. The van der Waals surface area contributed by atoms with Crippen molar-refractivity contribution < 1.29 is 9.53 Å². The molecule has 3 aromatic carbocycles. The van der Waals surface area contributed by atoms with Crippen molar-refractivity contribution in [1.29, 1.82) is 0 Å². The third-order valence-corrected chi connectivity index (χ3v) is 4.72. The van der Waals surface area contributed by atoms with Crippen LogP contribution in [0.2, 0.25) is 0 Å². The van der Waals surface area contributed by atoms with E-state index < -0.39 is 6.04 Å². The van der Waals surface area contributed by atoms with Crippen molar-refractivity contribution in [3.05, 3.63) is 95.6 Å². The van der Waals surface area contributed by atoms with Crippen molar-refractivity contribution in [3.8, 4) is 5.75 Å². The molecule has 1 amide bonds. The molecule has 0 fully saturated rings. The predicted molar refractivity (Wildman–Crippen MR) is 114 cm³/mol. The minimum atomic E-state index is -0.406. The molecule has 28 heavy (non-hydrogen) atoms. The summed E-state index contributed by atoms with van der Waals surface area (Å²) >= 11 is 0. The molecule has 4 nitrogen and oxygen atoms in total. The van der Waals surface area contributed by atoms with E-state index in [2.05, 4.69) is 54.0 Å². The van der Waals surface area contributed by atoms with Gasteiger partial charge < -0.3 is 10.1 Å². The third kappa shape index (κ3) is 4.78. The molecule has 144 valence electrons. The molecule has 4 heteroatoms. The number of carbonyl (C=O) groups is 1. The van der Waals surface area contributed by atoms with E-state index in [0.29, 0.717) is 11.4 Å². The Morgan fingerprint density at radius 2 is 1.46 bits per heavy atom. The number of rotatable bonds is 7. The zero-order valence-corrected chi connectivity index (χ0v) is 16.5. The number of carbonyl (C=O) groups excluding carboxylic acids is 1. The predicted octanol–water partition coefficient (Wildman–Crippen LogP) is 4.71. The molecule has 3 rings (SSSR count). The molecule has 0 saturated carbocycles. The van der Waals surface area contributed by atoms with Crippen LogP contribution in [-0.4, -0.2) is 19.1 Å². The zero-order chi connectivity index (χ0) is 19.9. The molecular formula is C24H26N2O2. The van der Waals surface area contributed by atoms with Gasteiger partial charge in [-0.3, -0.25) is 10.1 Å². The van der Waals surface area contributed by atoms with Crippen LogP contribution in [0.1, 0.15) is 29.7 Å². The van der Waals surface area contributed by atoms with E-state index in [1.807, 2.05) is 49.4 Å².